The van der Waals surface area contributed by atoms with Gasteiger partial charge < -0.3 is 16.2 Å². The Morgan fingerprint density at radius 2 is 1.63 bits per heavy atom. The number of fused-ring (bicyclic) bond motifs is 2. The van der Waals surface area contributed by atoms with E-state index in [9.17, 15) is 14.7 Å². The first-order valence-corrected chi connectivity index (χ1v) is 9.38. The summed E-state index contributed by atoms with van der Waals surface area (Å²) < 4.78 is 0. The van der Waals surface area contributed by atoms with Gasteiger partial charge in [0.25, 0.3) is 5.91 Å². The van der Waals surface area contributed by atoms with E-state index in [2.05, 4.69) is 11.1 Å². The van der Waals surface area contributed by atoms with Gasteiger partial charge in [0.05, 0.1) is 12.1 Å². The van der Waals surface area contributed by atoms with Crippen LogP contribution in [0.5, 0.6) is 0 Å². The van der Waals surface area contributed by atoms with Crippen molar-refractivity contribution >= 4 is 33.4 Å². The third-order valence-electron chi connectivity index (χ3n) is 4.80. The number of rotatable bonds is 8. The van der Waals surface area contributed by atoms with E-state index in [1.165, 1.54) is 0 Å². The van der Waals surface area contributed by atoms with Gasteiger partial charge in [0.15, 0.2) is 0 Å². The Labute approximate surface area is 158 Å². The maximum Gasteiger partial charge on any atom is 0.336 e. The molecule has 140 valence electrons. The molecular formula is C22H25N2O3+. The molecule has 0 aliphatic carbocycles. The van der Waals surface area contributed by atoms with Gasteiger partial charge in [-0.05, 0) is 59.0 Å². The number of hydrogen-bond acceptors (Lipinski definition) is 2. The fraction of sp³-hybridized carbons (Fsp3) is 0.273. The predicted molar refractivity (Wildman–Crippen MR) is 107 cm³/mol. The van der Waals surface area contributed by atoms with Crippen molar-refractivity contribution in [3.05, 3.63) is 59.7 Å². The zero-order chi connectivity index (χ0) is 19.2. The molecule has 5 nitrogen and oxygen atoms in total. The summed E-state index contributed by atoms with van der Waals surface area (Å²) in [5, 5.41) is 15.6. The topological polar surface area (TPSA) is 94.0 Å². The lowest BCUT2D eigenvalue weighted by atomic mass is 9.95. The summed E-state index contributed by atoms with van der Waals surface area (Å²) in [4.78, 5) is 24.2. The van der Waals surface area contributed by atoms with Crippen LogP contribution in [0.4, 0.5) is 0 Å². The van der Waals surface area contributed by atoms with Crippen LogP contribution < -0.4 is 11.1 Å². The van der Waals surface area contributed by atoms with E-state index in [1.807, 2.05) is 30.3 Å². The molecule has 27 heavy (non-hydrogen) atoms. The largest absolute Gasteiger partial charge is 0.478 e. The lowest BCUT2D eigenvalue weighted by Crippen LogP contribution is -2.50. The second-order valence-electron chi connectivity index (χ2n) is 6.74. The third-order valence-corrected chi connectivity index (χ3v) is 4.80. The highest BCUT2D eigenvalue weighted by Crippen LogP contribution is 2.29. The van der Waals surface area contributed by atoms with Crippen LogP contribution in [0.1, 0.15) is 46.4 Å². The number of carboxylic acid groups (broad SMARTS) is 1. The number of hydrogen-bond donors (Lipinski definition) is 3. The van der Waals surface area contributed by atoms with Crippen LogP contribution >= 0.6 is 0 Å². The summed E-state index contributed by atoms with van der Waals surface area (Å²) in [5.41, 5.74) is 4.65. The molecule has 0 saturated heterocycles. The van der Waals surface area contributed by atoms with Crippen molar-refractivity contribution in [2.24, 2.45) is 0 Å². The number of carbonyl (C=O) groups is 2. The number of carboxylic acids is 1. The number of nitrogens with one attached hydrogen (secondary N) is 1. The van der Waals surface area contributed by atoms with E-state index in [-0.39, 0.29) is 11.5 Å². The summed E-state index contributed by atoms with van der Waals surface area (Å²) >= 11 is 0. The first kappa shape index (κ1) is 18.9. The fourth-order valence-corrected chi connectivity index (χ4v) is 3.40. The van der Waals surface area contributed by atoms with E-state index in [0.29, 0.717) is 22.9 Å². The van der Waals surface area contributed by atoms with Crippen molar-refractivity contribution in [3.63, 3.8) is 0 Å². The fourth-order valence-electron chi connectivity index (χ4n) is 3.40. The molecule has 5 N–H and O–H groups in total. The summed E-state index contributed by atoms with van der Waals surface area (Å²) in [5.74, 6) is -1.09. The van der Waals surface area contributed by atoms with Crippen LogP contribution in [-0.2, 0) is 0 Å². The molecule has 0 radical (unpaired) electrons. The Morgan fingerprint density at radius 1 is 0.889 bits per heavy atom. The van der Waals surface area contributed by atoms with E-state index < -0.39 is 5.97 Å². The molecule has 5 heteroatoms. The Hall–Kier alpha value is -2.92. The maximum atomic E-state index is 12.4. The summed E-state index contributed by atoms with van der Waals surface area (Å²) in [6.07, 6.45) is 4.30. The van der Waals surface area contributed by atoms with Gasteiger partial charge in [-0.1, -0.05) is 36.8 Å². The average Bonchev–Trinajstić information content (AvgIpc) is 2.67. The molecule has 3 aromatic carbocycles. The maximum absolute atomic E-state index is 12.4. The summed E-state index contributed by atoms with van der Waals surface area (Å²) in [6.45, 7) is 1.60. The number of quaternary nitrogens is 1. The quantitative estimate of drug-likeness (QED) is 0.422. The first-order valence-electron chi connectivity index (χ1n) is 9.38. The second-order valence-corrected chi connectivity index (χ2v) is 6.74. The van der Waals surface area contributed by atoms with E-state index in [1.54, 1.807) is 18.2 Å². The zero-order valence-electron chi connectivity index (χ0n) is 15.3. The minimum atomic E-state index is -0.962. The normalized spacial score (nSPS) is 11.0. The van der Waals surface area contributed by atoms with E-state index in [0.717, 1.165) is 43.0 Å². The van der Waals surface area contributed by atoms with Crippen LogP contribution in [0, 0.1) is 0 Å². The number of carbonyl (C=O) groups excluding carboxylic acids is 1. The highest BCUT2D eigenvalue weighted by atomic mass is 16.4. The highest BCUT2D eigenvalue weighted by molar-refractivity contribution is 6.16. The van der Waals surface area contributed by atoms with Gasteiger partial charge in [-0.2, -0.15) is 0 Å². The van der Waals surface area contributed by atoms with Crippen molar-refractivity contribution in [1.82, 2.24) is 5.32 Å². The van der Waals surface area contributed by atoms with Crippen molar-refractivity contribution < 1.29 is 20.4 Å². The monoisotopic (exact) mass is 365 g/mol. The lowest BCUT2D eigenvalue weighted by Gasteiger charge is -2.10. The van der Waals surface area contributed by atoms with Crippen LogP contribution in [0.3, 0.4) is 0 Å². The average molecular weight is 365 g/mol. The second kappa shape index (κ2) is 8.64. The molecule has 0 fully saturated rings. The standard InChI is InChI=1S/C22H24N2O3/c23-11-5-1-2-6-12-24-21(25)16-9-10-19-17(14-16)13-15-7-3-4-8-18(15)20(19)22(26)27/h3-4,7-10,13-14H,1-2,5-6,11-12,23H2,(H,24,25)(H,26,27)/p+1. The molecule has 3 aromatic rings. The molecule has 0 spiro atoms. The van der Waals surface area contributed by atoms with Gasteiger partial charge in [0, 0.05) is 12.1 Å². The first-order chi connectivity index (χ1) is 13.1. The van der Waals surface area contributed by atoms with E-state index in [4.69, 9.17) is 0 Å². The molecule has 3 rings (SSSR count). The highest BCUT2D eigenvalue weighted by Gasteiger charge is 2.15. The number of aromatic carboxylic acids is 1. The summed E-state index contributed by atoms with van der Waals surface area (Å²) in [6, 6.07) is 14.5. The van der Waals surface area contributed by atoms with E-state index >= 15 is 0 Å². The van der Waals surface area contributed by atoms with Crippen molar-refractivity contribution in [2.75, 3.05) is 13.1 Å². The van der Waals surface area contributed by atoms with Crippen molar-refractivity contribution in [3.8, 4) is 0 Å². The molecule has 0 unspecified atom stereocenters. The Balaban J connectivity index is 1.84. The van der Waals surface area contributed by atoms with Crippen molar-refractivity contribution in [1.29, 1.82) is 0 Å². The van der Waals surface area contributed by atoms with Gasteiger partial charge in [0.2, 0.25) is 0 Å². The van der Waals surface area contributed by atoms with Crippen molar-refractivity contribution in [2.45, 2.75) is 25.7 Å². The van der Waals surface area contributed by atoms with Gasteiger partial charge >= 0.3 is 5.97 Å². The number of benzene rings is 3. The molecule has 0 aromatic heterocycles. The Kier molecular flexibility index (Phi) is 6.04. The minimum Gasteiger partial charge on any atom is -0.478 e. The third kappa shape index (κ3) is 4.26. The zero-order valence-corrected chi connectivity index (χ0v) is 15.3. The van der Waals surface area contributed by atoms with Crippen LogP contribution in [-0.4, -0.2) is 30.1 Å². The lowest BCUT2D eigenvalue weighted by molar-refractivity contribution is -0.368. The molecule has 0 atom stereocenters. The molecule has 0 saturated carbocycles. The molecular weight excluding hydrogens is 340 g/mol. The predicted octanol–water partition coefficient (Wildman–Crippen LogP) is 3.22. The molecule has 0 aliphatic heterocycles. The molecule has 0 heterocycles. The van der Waals surface area contributed by atoms with Crippen LogP contribution in [0.2, 0.25) is 0 Å². The minimum absolute atomic E-state index is 0.126. The van der Waals surface area contributed by atoms with Crippen LogP contribution in [0.25, 0.3) is 21.5 Å². The van der Waals surface area contributed by atoms with Gasteiger partial charge in [-0.15, -0.1) is 0 Å². The summed E-state index contributed by atoms with van der Waals surface area (Å²) in [7, 11) is 0. The molecule has 1 amide bonds. The molecule has 0 bridgehead atoms. The van der Waals surface area contributed by atoms with Crippen LogP contribution in [0.15, 0.2) is 48.5 Å². The Morgan fingerprint density at radius 3 is 2.41 bits per heavy atom. The van der Waals surface area contributed by atoms with Gasteiger partial charge in [-0.25, -0.2) is 4.79 Å². The van der Waals surface area contributed by atoms with Gasteiger partial charge in [0.1, 0.15) is 0 Å². The Bertz CT molecular complexity index is 982. The number of unbranched alkanes of at least 4 members (excludes halogenated alkanes) is 3. The molecule has 0 aliphatic rings. The van der Waals surface area contributed by atoms with Gasteiger partial charge in [-0.3, -0.25) is 4.79 Å². The SMILES string of the molecule is [NH3+]CCCCCCNC(=O)c1ccc2c(C(=O)O)c3ccccc3cc2c1. The smallest absolute Gasteiger partial charge is 0.336 e. The number of amides is 1.